The third-order valence-electron chi connectivity index (χ3n) is 6.66. The molecule has 0 N–H and O–H groups in total. The minimum atomic E-state index is -3.70. The zero-order valence-corrected chi connectivity index (χ0v) is 22.9. The van der Waals surface area contributed by atoms with Crippen LogP contribution in [0.4, 0.5) is 0 Å². The lowest BCUT2D eigenvalue weighted by Gasteiger charge is -2.29. The number of benzene rings is 2. The summed E-state index contributed by atoms with van der Waals surface area (Å²) in [6, 6.07) is 12.6. The van der Waals surface area contributed by atoms with E-state index in [1.807, 2.05) is 24.4 Å². The average Bonchev–Trinajstić information content (AvgIpc) is 3.35. The average molecular weight is 530 g/mol. The fraction of sp³-hybridized carbons (Fsp3) is 0.444. The van der Waals surface area contributed by atoms with Crippen LogP contribution in [0, 0.1) is 13.8 Å². The molecular formula is C27H35N3O4S2. The molecule has 0 radical (unpaired) electrons. The minimum absolute atomic E-state index is 0.224. The molecule has 36 heavy (non-hydrogen) atoms. The van der Waals surface area contributed by atoms with E-state index in [4.69, 9.17) is 14.5 Å². The normalized spacial score (nSPS) is 14.8. The zero-order valence-electron chi connectivity index (χ0n) is 21.3. The van der Waals surface area contributed by atoms with Crippen LogP contribution in [-0.4, -0.2) is 55.9 Å². The van der Waals surface area contributed by atoms with Crippen molar-refractivity contribution in [2.75, 3.05) is 33.3 Å². The smallest absolute Gasteiger partial charge is 0.243 e. The monoisotopic (exact) mass is 529 g/mol. The fourth-order valence-corrected chi connectivity index (χ4v) is 6.40. The van der Waals surface area contributed by atoms with Crippen molar-refractivity contribution in [2.45, 2.75) is 51.2 Å². The molecule has 2 aromatic carbocycles. The molecule has 0 spiro atoms. The first-order valence-corrected chi connectivity index (χ1v) is 14.7. The summed E-state index contributed by atoms with van der Waals surface area (Å²) in [5, 5.41) is 2.75. The Hall–Kier alpha value is -2.46. The van der Waals surface area contributed by atoms with Gasteiger partial charge in [-0.15, -0.1) is 11.3 Å². The summed E-state index contributed by atoms with van der Waals surface area (Å²) < 4.78 is 40.0. The Kier molecular flexibility index (Phi) is 9.00. The van der Waals surface area contributed by atoms with Crippen molar-refractivity contribution in [1.29, 1.82) is 0 Å². The van der Waals surface area contributed by atoms with Crippen molar-refractivity contribution in [3.05, 3.63) is 69.7 Å². The number of hydrogen-bond donors (Lipinski definition) is 0. The molecule has 1 aliphatic heterocycles. The Morgan fingerprint density at radius 2 is 1.81 bits per heavy atom. The molecule has 3 aromatic rings. The van der Waals surface area contributed by atoms with Gasteiger partial charge in [-0.05, 0) is 81.2 Å². The van der Waals surface area contributed by atoms with Crippen molar-refractivity contribution in [1.82, 2.24) is 14.2 Å². The van der Waals surface area contributed by atoms with Crippen LogP contribution in [0.3, 0.4) is 0 Å². The summed E-state index contributed by atoms with van der Waals surface area (Å²) in [6.45, 7) is 7.85. The van der Waals surface area contributed by atoms with Gasteiger partial charge in [0.2, 0.25) is 10.0 Å². The van der Waals surface area contributed by atoms with Crippen LogP contribution in [0.5, 0.6) is 11.5 Å². The van der Waals surface area contributed by atoms with E-state index in [2.05, 4.69) is 17.9 Å². The third-order valence-corrected chi connectivity index (χ3v) is 9.39. The summed E-state index contributed by atoms with van der Waals surface area (Å²) in [7, 11) is -2.13. The molecule has 0 bridgehead atoms. The highest BCUT2D eigenvalue weighted by Gasteiger charge is 2.26. The van der Waals surface area contributed by atoms with E-state index in [9.17, 15) is 8.42 Å². The largest absolute Gasteiger partial charge is 0.497 e. The SMILES string of the molecule is COc1ccc(S(=O)(=O)N(CCN2CCCCC2)Cc2csc(COc3cccc(C)c3C)n2)cc1. The van der Waals surface area contributed by atoms with Crippen LogP contribution in [0.2, 0.25) is 0 Å². The van der Waals surface area contributed by atoms with Crippen molar-refractivity contribution >= 4 is 21.4 Å². The first-order chi connectivity index (χ1) is 17.4. The van der Waals surface area contributed by atoms with Crippen LogP contribution < -0.4 is 9.47 Å². The van der Waals surface area contributed by atoms with Crippen LogP contribution in [0.15, 0.2) is 52.7 Å². The van der Waals surface area contributed by atoms with Crippen LogP contribution >= 0.6 is 11.3 Å². The Bertz CT molecular complexity index is 1240. The zero-order chi connectivity index (χ0) is 25.5. The molecule has 9 heteroatoms. The fourth-order valence-electron chi connectivity index (χ4n) is 4.31. The van der Waals surface area contributed by atoms with Gasteiger partial charge in [-0.3, -0.25) is 0 Å². The molecule has 0 atom stereocenters. The summed E-state index contributed by atoms with van der Waals surface area (Å²) in [5.74, 6) is 1.47. The van der Waals surface area contributed by atoms with E-state index < -0.39 is 10.0 Å². The maximum Gasteiger partial charge on any atom is 0.243 e. The summed E-state index contributed by atoms with van der Waals surface area (Å²) in [4.78, 5) is 7.31. The van der Waals surface area contributed by atoms with Crippen LogP contribution in [0.1, 0.15) is 41.1 Å². The molecule has 194 valence electrons. The maximum absolute atomic E-state index is 13.6. The second-order valence-corrected chi connectivity index (χ2v) is 12.0. The summed E-state index contributed by atoms with van der Waals surface area (Å²) in [6.07, 6.45) is 3.58. The molecule has 0 unspecified atom stereocenters. The highest BCUT2D eigenvalue weighted by atomic mass is 32.2. The number of sulfonamides is 1. The van der Waals surface area contributed by atoms with E-state index in [-0.39, 0.29) is 11.4 Å². The van der Waals surface area contributed by atoms with Crippen LogP contribution in [-0.2, 0) is 23.2 Å². The molecule has 0 amide bonds. The predicted molar refractivity (Wildman–Crippen MR) is 143 cm³/mol. The van der Waals surface area contributed by atoms with Crippen molar-refractivity contribution < 1.29 is 17.9 Å². The first-order valence-electron chi connectivity index (χ1n) is 12.4. The number of piperidine rings is 1. The lowest BCUT2D eigenvalue weighted by Crippen LogP contribution is -2.40. The number of rotatable bonds is 11. The van der Waals surface area contributed by atoms with Crippen molar-refractivity contribution in [3.8, 4) is 11.5 Å². The molecule has 2 heterocycles. The second-order valence-electron chi connectivity index (χ2n) is 9.14. The second kappa shape index (κ2) is 12.2. The molecular weight excluding hydrogens is 494 g/mol. The number of thiazole rings is 1. The number of hydrogen-bond acceptors (Lipinski definition) is 7. The molecule has 4 rings (SSSR count). The number of ether oxygens (including phenoxy) is 2. The van der Waals surface area contributed by atoms with Gasteiger partial charge in [-0.1, -0.05) is 18.6 Å². The van der Waals surface area contributed by atoms with Crippen LogP contribution in [0.25, 0.3) is 0 Å². The Morgan fingerprint density at radius 3 is 2.53 bits per heavy atom. The number of likely N-dealkylation sites (tertiary alicyclic amines) is 1. The molecule has 1 aliphatic rings. The van der Waals surface area contributed by atoms with Crippen molar-refractivity contribution in [3.63, 3.8) is 0 Å². The Labute approximate surface area is 218 Å². The maximum atomic E-state index is 13.6. The number of nitrogens with zero attached hydrogens (tertiary/aromatic N) is 3. The van der Waals surface area contributed by atoms with E-state index >= 15 is 0 Å². The molecule has 1 aromatic heterocycles. The van der Waals surface area contributed by atoms with Gasteiger partial charge in [0.1, 0.15) is 23.1 Å². The van der Waals surface area contributed by atoms with Gasteiger partial charge in [0, 0.05) is 18.5 Å². The van der Waals surface area contributed by atoms with E-state index in [0.29, 0.717) is 25.4 Å². The van der Waals surface area contributed by atoms with Crippen molar-refractivity contribution in [2.24, 2.45) is 0 Å². The Morgan fingerprint density at radius 1 is 1.06 bits per heavy atom. The quantitative estimate of drug-likeness (QED) is 0.347. The first kappa shape index (κ1) is 26.6. The van der Waals surface area contributed by atoms with Gasteiger partial charge in [0.25, 0.3) is 0 Å². The van der Waals surface area contributed by atoms with Gasteiger partial charge in [0.05, 0.1) is 24.2 Å². The molecule has 7 nitrogen and oxygen atoms in total. The van der Waals surface area contributed by atoms with Gasteiger partial charge < -0.3 is 14.4 Å². The number of methoxy groups -OCH3 is 1. The molecule has 0 saturated carbocycles. The topological polar surface area (TPSA) is 72.0 Å². The Balaban J connectivity index is 1.48. The lowest BCUT2D eigenvalue weighted by molar-refractivity contribution is 0.211. The molecule has 1 fully saturated rings. The van der Waals surface area contributed by atoms with E-state index in [1.165, 1.54) is 36.2 Å². The van der Waals surface area contributed by atoms with E-state index in [0.717, 1.165) is 35.1 Å². The highest BCUT2D eigenvalue weighted by Crippen LogP contribution is 2.24. The summed E-state index contributed by atoms with van der Waals surface area (Å²) >= 11 is 1.49. The van der Waals surface area contributed by atoms with Gasteiger partial charge in [-0.2, -0.15) is 4.31 Å². The van der Waals surface area contributed by atoms with Gasteiger partial charge in [-0.25, -0.2) is 13.4 Å². The molecule has 1 saturated heterocycles. The highest BCUT2D eigenvalue weighted by molar-refractivity contribution is 7.89. The van der Waals surface area contributed by atoms with Gasteiger partial charge in [0.15, 0.2) is 0 Å². The number of aromatic nitrogens is 1. The third kappa shape index (κ3) is 6.64. The van der Waals surface area contributed by atoms with E-state index in [1.54, 1.807) is 35.7 Å². The molecule has 0 aliphatic carbocycles. The lowest BCUT2D eigenvalue weighted by atomic mass is 10.1. The minimum Gasteiger partial charge on any atom is -0.497 e. The summed E-state index contributed by atoms with van der Waals surface area (Å²) in [5.41, 5.74) is 3.03. The van der Waals surface area contributed by atoms with Gasteiger partial charge >= 0.3 is 0 Å². The number of aryl methyl sites for hydroxylation is 1. The predicted octanol–water partition coefficient (Wildman–Crippen LogP) is 5.02. The standard InChI is InChI=1S/C27H35N3O4S2/c1-21-8-7-9-26(22(21)2)34-19-27-28-23(20-35-27)18-30(17-16-29-14-5-4-6-15-29)36(31,32)25-12-10-24(33-3)11-13-25/h7-13,20H,4-6,14-19H2,1-3H3.